The Morgan fingerprint density at radius 1 is 1.00 bits per heavy atom. The van der Waals surface area contributed by atoms with Crippen molar-refractivity contribution in [3.8, 4) is 0 Å². The molecule has 3 nitrogen and oxygen atoms in total. The van der Waals surface area contributed by atoms with Crippen LogP contribution in [0.25, 0.3) is 0 Å². The number of benzene rings is 2. The van der Waals surface area contributed by atoms with Crippen molar-refractivity contribution in [1.29, 1.82) is 0 Å². The molecule has 0 unspecified atom stereocenters. The summed E-state index contributed by atoms with van der Waals surface area (Å²) in [5, 5.41) is 0. The number of ketones is 1. The lowest BCUT2D eigenvalue weighted by Crippen LogP contribution is -2.07. The Hall–Kier alpha value is -1.17. The molecule has 2 aromatic rings. The van der Waals surface area contributed by atoms with E-state index >= 15 is 0 Å². The number of rotatable bonds is 3. The summed E-state index contributed by atoms with van der Waals surface area (Å²) in [6.45, 7) is 0. The lowest BCUT2D eigenvalue weighted by molar-refractivity contribution is 0.103. The summed E-state index contributed by atoms with van der Waals surface area (Å²) in [5.74, 6) is -0.388. The van der Waals surface area contributed by atoms with Gasteiger partial charge in [-0.3, -0.25) is 4.79 Å². The van der Waals surface area contributed by atoms with Crippen molar-refractivity contribution in [3.05, 3.63) is 64.1 Å². The zero-order valence-electron chi connectivity index (χ0n) is 9.51. The predicted molar refractivity (Wildman–Crippen MR) is 77.1 cm³/mol. The Balaban J connectivity index is 2.65. The number of carbonyl (C=O) groups excluding carboxylic acids is 1. The van der Waals surface area contributed by atoms with Crippen molar-refractivity contribution in [2.75, 3.05) is 0 Å². The molecule has 0 aliphatic heterocycles. The average Bonchev–Trinajstić information content (AvgIpc) is 2.37. The highest BCUT2D eigenvalue weighted by Crippen LogP contribution is 2.30. The SMILES string of the molecule is O=C(c1ccccc1)c1cccc(Br)c1S(=O)(=O)Cl. The van der Waals surface area contributed by atoms with Crippen LogP contribution in [0.15, 0.2) is 57.9 Å². The van der Waals surface area contributed by atoms with Gasteiger partial charge in [-0.1, -0.05) is 36.4 Å². The van der Waals surface area contributed by atoms with Gasteiger partial charge in [0, 0.05) is 26.3 Å². The van der Waals surface area contributed by atoms with Gasteiger partial charge in [0.05, 0.1) is 0 Å². The molecule has 0 atom stereocenters. The van der Waals surface area contributed by atoms with E-state index in [2.05, 4.69) is 15.9 Å². The zero-order chi connectivity index (χ0) is 14.0. The smallest absolute Gasteiger partial charge is 0.263 e. The Bertz CT molecular complexity index is 727. The summed E-state index contributed by atoms with van der Waals surface area (Å²) in [4.78, 5) is 12.1. The molecule has 6 heteroatoms. The predicted octanol–water partition coefficient (Wildman–Crippen LogP) is 3.61. The van der Waals surface area contributed by atoms with Crippen LogP contribution in [0.1, 0.15) is 15.9 Å². The van der Waals surface area contributed by atoms with Crippen molar-refractivity contribution in [1.82, 2.24) is 0 Å². The molecule has 2 aromatic carbocycles. The van der Waals surface area contributed by atoms with E-state index in [4.69, 9.17) is 10.7 Å². The van der Waals surface area contributed by atoms with E-state index in [1.165, 1.54) is 12.1 Å². The molecule has 0 amide bonds. The number of carbonyl (C=O) groups is 1. The Morgan fingerprint density at radius 2 is 1.63 bits per heavy atom. The van der Waals surface area contributed by atoms with Gasteiger partial charge in [-0.05, 0) is 28.1 Å². The quantitative estimate of drug-likeness (QED) is 0.621. The highest BCUT2D eigenvalue weighted by atomic mass is 79.9. The van der Waals surface area contributed by atoms with Gasteiger partial charge in [0.15, 0.2) is 5.78 Å². The second-order valence-corrected chi connectivity index (χ2v) is 7.11. The number of halogens is 2. The van der Waals surface area contributed by atoms with Gasteiger partial charge < -0.3 is 0 Å². The van der Waals surface area contributed by atoms with Gasteiger partial charge >= 0.3 is 0 Å². The number of hydrogen-bond acceptors (Lipinski definition) is 3. The third-order valence-electron chi connectivity index (χ3n) is 2.49. The van der Waals surface area contributed by atoms with E-state index in [9.17, 15) is 13.2 Å². The Morgan fingerprint density at radius 3 is 2.21 bits per heavy atom. The minimum atomic E-state index is -4.01. The second-order valence-electron chi connectivity index (χ2n) is 3.75. The van der Waals surface area contributed by atoms with Crippen molar-refractivity contribution < 1.29 is 13.2 Å². The van der Waals surface area contributed by atoms with E-state index in [0.717, 1.165) is 0 Å². The molecule has 0 heterocycles. The minimum Gasteiger partial charge on any atom is -0.289 e. The van der Waals surface area contributed by atoms with Gasteiger partial charge in [-0.2, -0.15) is 0 Å². The van der Waals surface area contributed by atoms with Crippen LogP contribution in [0.4, 0.5) is 0 Å². The Labute approximate surface area is 123 Å². The summed E-state index contributed by atoms with van der Waals surface area (Å²) in [6.07, 6.45) is 0. The molecule has 0 bridgehead atoms. The number of hydrogen-bond donors (Lipinski definition) is 0. The molecular weight excluding hydrogens is 352 g/mol. The largest absolute Gasteiger partial charge is 0.289 e. The zero-order valence-corrected chi connectivity index (χ0v) is 12.7. The van der Waals surface area contributed by atoms with Crippen LogP contribution in [-0.4, -0.2) is 14.2 Å². The molecule has 0 N–H and O–H groups in total. The summed E-state index contributed by atoms with van der Waals surface area (Å²) < 4.78 is 23.5. The first-order chi connectivity index (χ1) is 8.91. The van der Waals surface area contributed by atoms with Crippen LogP contribution < -0.4 is 0 Å². The van der Waals surface area contributed by atoms with E-state index in [-0.39, 0.29) is 20.7 Å². The van der Waals surface area contributed by atoms with E-state index in [1.807, 2.05) is 0 Å². The molecule has 0 saturated heterocycles. The molecule has 0 radical (unpaired) electrons. The lowest BCUT2D eigenvalue weighted by Gasteiger charge is -2.08. The summed E-state index contributed by atoms with van der Waals surface area (Å²) in [6, 6.07) is 13.0. The summed E-state index contributed by atoms with van der Waals surface area (Å²) in [5.41, 5.74) is 0.456. The Kier molecular flexibility index (Phi) is 4.08. The highest BCUT2D eigenvalue weighted by molar-refractivity contribution is 9.10. The molecule has 0 aliphatic rings. The van der Waals surface area contributed by atoms with Crippen molar-refractivity contribution >= 4 is 41.4 Å². The maximum Gasteiger partial charge on any atom is 0.263 e. The fourth-order valence-corrected chi connectivity index (χ4v) is 4.19. The molecule has 0 aromatic heterocycles. The van der Waals surface area contributed by atoms with Crippen LogP contribution in [0.3, 0.4) is 0 Å². The monoisotopic (exact) mass is 358 g/mol. The summed E-state index contributed by atoms with van der Waals surface area (Å²) in [7, 11) is 1.38. The second kappa shape index (κ2) is 5.45. The van der Waals surface area contributed by atoms with Gasteiger partial charge in [0.25, 0.3) is 9.05 Å². The van der Waals surface area contributed by atoms with Gasteiger partial charge in [0.2, 0.25) is 0 Å². The van der Waals surface area contributed by atoms with E-state index in [1.54, 1.807) is 36.4 Å². The fourth-order valence-electron chi connectivity index (χ4n) is 1.68. The van der Waals surface area contributed by atoms with Crippen LogP contribution in [0.5, 0.6) is 0 Å². The van der Waals surface area contributed by atoms with Gasteiger partial charge in [-0.25, -0.2) is 8.42 Å². The van der Waals surface area contributed by atoms with E-state index in [0.29, 0.717) is 5.56 Å². The van der Waals surface area contributed by atoms with Crippen LogP contribution in [-0.2, 0) is 9.05 Å². The molecule has 98 valence electrons. The molecule has 0 spiro atoms. The fraction of sp³-hybridized carbons (Fsp3) is 0. The normalized spacial score (nSPS) is 11.3. The molecule has 0 aliphatic carbocycles. The first kappa shape index (κ1) is 14.2. The van der Waals surface area contributed by atoms with Crippen LogP contribution >= 0.6 is 26.6 Å². The topological polar surface area (TPSA) is 51.2 Å². The standard InChI is InChI=1S/C13H8BrClO3S/c14-11-8-4-7-10(13(11)19(15,17)18)12(16)9-5-2-1-3-6-9/h1-8H. The van der Waals surface area contributed by atoms with Crippen LogP contribution in [0, 0.1) is 0 Å². The third kappa shape index (κ3) is 3.05. The van der Waals surface area contributed by atoms with E-state index < -0.39 is 9.05 Å². The first-order valence-electron chi connectivity index (χ1n) is 5.24. The third-order valence-corrected chi connectivity index (χ3v) is 4.81. The van der Waals surface area contributed by atoms with Gasteiger partial charge in [0.1, 0.15) is 4.90 Å². The molecular formula is C13H8BrClO3S. The minimum absolute atomic E-state index is 0.0515. The molecule has 0 saturated carbocycles. The van der Waals surface area contributed by atoms with Crippen LogP contribution in [0.2, 0.25) is 0 Å². The summed E-state index contributed by atoms with van der Waals surface area (Å²) >= 11 is 3.11. The molecule has 0 fully saturated rings. The first-order valence-corrected chi connectivity index (χ1v) is 8.34. The van der Waals surface area contributed by atoms with Crippen molar-refractivity contribution in [2.45, 2.75) is 4.90 Å². The van der Waals surface area contributed by atoms with Crippen molar-refractivity contribution in [2.24, 2.45) is 0 Å². The average molecular weight is 360 g/mol. The van der Waals surface area contributed by atoms with Crippen molar-refractivity contribution in [3.63, 3.8) is 0 Å². The molecule has 2 rings (SSSR count). The maximum absolute atomic E-state index is 12.3. The highest BCUT2D eigenvalue weighted by Gasteiger charge is 2.24. The lowest BCUT2D eigenvalue weighted by atomic mass is 10.0. The van der Waals surface area contributed by atoms with Gasteiger partial charge in [-0.15, -0.1) is 0 Å². The maximum atomic E-state index is 12.3. The molecule has 19 heavy (non-hydrogen) atoms.